The van der Waals surface area contributed by atoms with Crippen molar-refractivity contribution in [1.29, 1.82) is 0 Å². The molecule has 6 heteroatoms. The second-order valence-corrected chi connectivity index (χ2v) is 6.22. The predicted octanol–water partition coefficient (Wildman–Crippen LogP) is 1.77. The van der Waals surface area contributed by atoms with Gasteiger partial charge in [0.05, 0.1) is 6.04 Å². The Balaban J connectivity index is 0.00000264. The molecule has 0 radical (unpaired) electrons. The van der Waals surface area contributed by atoms with Crippen LogP contribution in [0.2, 0.25) is 0 Å². The van der Waals surface area contributed by atoms with Gasteiger partial charge in [0.25, 0.3) is 5.91 Å². The lowest BCUT2D eigenvalue weighted by Crippen LogP contribution is -2.54. The summed E-state index contributed by atoms with van der Waals surface area (Å²) in [5.41, 5.74) is 6.66. The molecule has 1 aromatic rings. The minimum absolute atomic E-state index is 0. The van der Waals surface area contributed by atoms with E-state index in [4.69, 9.17) is 5.73 Å². The van der Waals surface area contributed by atoms with Crippen LogP contribution in [0, 0.1) is 5.92 Å². The normalized spacial score (nSPS) is 16.0. The van der Waals surface area contributed by atoms with Gasteiger partial charge in [-0.25, -0.2) is 0 Å². The van der Waals surface area contributed by atoms with Gasteiger partial charge >= 0.3 is 0 Å². The average Bonchev–Trinajstić information content (AvgIpc) is 2.54. The number of carbonyl (C=O) groups excluding carboxylic acids is 2. The molecule has 1 aromatic carbocycles. The Kier molecular flexibility index (Phi) is 7.52. The van der Waals surface area contributed by atoms with E-state index >= 15 is 0 Å². The van der Waals surface area contributed by atoms with Crippen LogP contribution in [0.1, 0.15) is 30.6 Å². The van der Waals surface area contributed by atoms with E-state index < -0.39 is 6.04 Å². The van der Waals surface area contributed by atoms with E-state index in [0.29, 0.717) is 44.1 Å². The lowest BCUT2D eigenvalue weighted by atomic mass is 10.0. The molecule has 1 heterocycles. The highest BCUT2D eigenvalue weighted by Gasteiger charge is 2.27. The van der Waals surface area contributed by atoms with Crippen LogP contribution in [0.15, 0.2) is 30.3 Å². The molecular formula is C17H26ClN3O2. The zero-order chi connectivity index (χ0) is 16.1. The molecule has 1 saturated heterocycles. The fraction of sp³-hybridized carbons (Fsp3) is 0.529. The third-order valence-corrected chi connectivity index (χ3v) is 3.94. The first-order chi connectivity index (χ1) is 10.5. The molecule has 0 aromatic heterocycles. The van der Waals surface area contributed by atoms with Crippen molar-refractivity contribution in [2.24, 2.45) is 11.7 Å². The van der Waals surface area contributed by atoms with E-state index in [1.54, 1.807) is 9.80 Å². The lowest BCUT2D eigenvalue weighted by Gasteiger charge is -2.36. The van der Waals surface area contributed by atoms with Gasteiger partial charge in [-0.15, -0.1) is 12.4 Å². The molecule has 0 bridgehead atoms. The highest BCUT2D eigenvalue weighted by Crippen LogP contribution is 2.11. The van der Waals surface area contributed by atoms with Crippen molar-refractivity contribution in [2.75, 3.05) is 26.2 Å². The van der Waals surface area contributed by atoms with Crippen LogP contribution in [0.3, 0.4) is 0 Å². The predicted molar refractivity (Wildman–Crippen MR) is 93.6 cm³/mol. The molecule has 1 aliphatic heterocycles. The molecule has 0 spiro atoms. The van der Waals surface area contributed by atoms with Gasteiger partial charge in [0, 0.05) is 31.7 Å². The van der Waals surface area contributed by atoms with Crippen molar-refractivity contribution in [3.63, 3.8) is 0 Å². The van der Waals surface area contributed by atoms with Crippen molar-refractivity contribution in [3.05, 3.63) is 35.9 Å². The van der Waals surface area contributed by atoms with Gasteiger partial charge in [0.1, 0.15) is 0 Å². The molecule has 23 heavy (non-hydrogen) atoms. The van der Waals surface area contributed by atoms with Gasteiger partial charge in [-0.3, -0.25) is 9.59 Å². The molecule has 2 amide bonds. The third kappa shape index (κ3) is 5.22. The Labute approximate surface area is 144 Å². The molecule has 1 aliphatic rings. The first-order valence-electron chi connectivity index (χ1n) is 7.87. The van der Waals surface area contributed by atoms with Crippen LogP contribution in [0.4, 0.5) is 0 Å². The summed E-state index contributed by atoms with van der Waals surface area (Å²) in [6.07, 6.45) is 0.696. The van der Waals surface area contributed by atoms with Gasteiger partial charge in [-0.1, -0.05) is 32.0 Å². The van der Waals surface area contributed by atoms with E-state index in [1.165, 1.54) is 0 Å². The Morgan fingerprint density at radius 1 is 1.04 bits per heavy atom. The number of piperazine rings is 1. The summed E-state index contributed by atoms with van der Waals surface area (Å²) in [6, 6.07) is 8.81. The van der Waals surface area contributed by atoms with Crippen LogP contribution in [0.25, 0.3) is 0 Å². The van der Waals surface area contributed by atoms with Crippen LogP contribution in [-0.2, 0) is 4.79 Å². The zero-order valence-corrected chi connectivity index (χ0v) is 14.6. The van der Waals surface area contributed by atoms with Crippen molar-refractivity contribution >= 4 is 24.2 Å². The Morgan fingerprint density at radius 2 is 1.57 bits per heavy atom. The third-order valence-electron chi connectivity index (χ3n) is 3.94. The van der Waals surface area contributed by atoms with Crippen molar-refractivity contribution in [3.8, 4) is 0 Å². The molecular weight excluding hydrogens is 314 g/mol. The molecule has 0 unspecified atom stereocenters. The van der Waals surface area contributed by atoms with Crippen molar-refractivity contribution in [2.45, 2.75) is 26.3 Å². The van der Waals surface area contributed by atoms with E-state index in [2.05, 4.69) is 13.8 Å². The summed E-state index contributed by atoms with van der Waals surface area (Å²) in [4.78, 5) is 28.2. The van der Waals surface area contributed by atoms with Gasteiger partial charge in [0.2, 0.25) is 5.91 Å². The topological polar surface area (TPSA) is 66.6 Å². The number of hydrogen-bond donors (Lipinski definition) is 1. The monoisotopic (exact) mass is 339 g/mol. The first kappa shape index (κ1) is 19.5. The summed E-state index contributed by atoms with van der Waals surface area (Å²) in [5.74, 6) is 0.430. The number of rotatable bonds is 4. The van der Waals surface area contributed by atoms with E-state index in [0.717, 1.165) is 0 Å². The number of halogens is 1. The van der Waals surface area contributed by atoms with E-state index in [9.17, 15) is 9.59 Å². The summed E-state index contributed by atoms with van der Waals surface area (Å²) >= 11 is 0. The van der Waals surface area contributed by atoms with Crippen LogP contribution >= 0.6 is 12.4 Å². The SMILES string of the molecule is CC(C)C[C@H](N)C(=O)N1CCN(C(=O)c2ccccc2)CC1.Cl. The highest BCUT2D eigenvalue weighted by atomic mass is 35.5. The van der Waals surface area contributed by atoms with Gasteiger partial charge in [0.15, 0.2) is 0 Å². The van der Waals surface area contributed by atoms with Gasteiger partial charge < -0.3 is 15.5 Å². The second-order valence-electron chi connectivity index (χ2n) is 6.22. The number of nitrogens with zero attached hydrogens (tertiary/aromatic N) is 2. The molecule has 5 nitrogen and oxygen atoms in total. The fourth-order valence-electron chi connectivity index (χ4n) is 2.74. The van der Waals surface area contributed by atoms with E-state index in [-0.39, 0.29) is 24.2 Å². The van der Waals surface area contributed by atoms with Crippen LogP contribution in [-0.4, -0.2) is 53.8 Å². The number of benzene rings is 1. The number of amides is 2. The lowest BCUT2D eigenvalue weighted by molar-refractivity contribution is -0.134. The summed E-state index contributed by atoms with van der Waals surface area (Å²) in [7, 11) is 0. The van der Waals surface area contributed by atoms with Crippen molar-refractivity contribution in [1.82, 2.24) is 9.80 Å². The van der Waals surface area contributed by atoms with Crippen LogP contribution in [0.5, 0.6) is 0 Å². The number of hydrogen-bond acceptors (Lipinski definition) is 3. The fourth-order valence-corrected chi connectivity index (χ4v) is 2.74. The largest absolute Gasteiger partial charge is 0.338 e. The minimum atomic E-state index is -0.434. The molecule has 1 atom stereocenters. The molecule has 128 valence electrons. The zero-order valence-electron chi connectivity index (χ0n) is 13.8. The molecule has 2 N–H and O–H groups in total. The summed E-state index contributed by atoms with van der Waals surface area (Å²) in [6.45, 7) is 6.36. The summed E-state index contributed by atoms with van der Waals surface area (Å²) < 4.78 is 0. The highest BCUT2D eigenvalue weighted by molar-refractivity contribution is 5.94. The maximum absolute atomic E-state index is 12.4. The standard InChI is InChI=1S/C17H25N3O2.ClH/c1-13(2)12-15(18)17(22)20-10-8-19(9-11-20)16(21)14-6-4-3-5-7-14;/h3-7,13,15H,8-12,18H2,1-2H3;1H/t15-;/m0./s1. The first-order valence-corrected chi connectivity index (χ1v) is 7.87. The second kappa shape index (κ2) is 8.89. The number of nitrogens with two attached hydrogens (primary N) is 1. The maximum atomic E-state index is 12.4. The quantitative estimate of drug-likeness (QED) is 0.909. The molecule has 2 rings (SSSR count). The molecule has 1 fully saturated rings. The Bertz CT molecular complexity index is 514. The molecule has 0 aliphatic carbocycles. The van der Waals surface area contributed by atoms with Gasteiger partial charge in [-0.05, 0) is 24.5 Å². The smallest absolute Gasteiger partial charge is 0.253 e. The maximum Gasteiger partial charge on any atom is 0.253 e. The van der Waals surface area contributed by atoms with Crippen LogP contribution < -0.4 is 5.73 Å². The summed E-state index contributed by atoms with van der Waals surface area (Å²) in [5, 5.41) is 0. The number of carbonyl (C=O) groups is 2. The van der Waals surface area contributed by atoms with Gasteiger partial charge in [-0.2, -0.15) is 0 Å². The Morgan fingerprint density at radius 3 is 2.09 bits per heavy atom. The average molecular weight is 340 g/mol. The Hall–Kier alpha value is -1.59. The molecule has 0 saturated carbocycles. The van der Waals surface area contributed by atoms with Crippen molar-refractivity contribution < 1.29 is 9.59 Å². The van der Waals surface area contributed by atoms with E-state index in [1.807, 2.05) is 30.3 Å². The minimum Gasteiger partial charge on any atom is -0.338 e.